The van der Waals surface area contributed by atoms with Crippen LogP contribution in [0, 0.1) is 0 Å². The number of oxime groups is 1. The number of sulfonamides is 1. The molecule has 8 heteroatoms. The van der Waals surface area contributed by atoms with Gasteiger partial charge in [0.1, 0.15) is 5.84 Å². The van der Waals surface area contributed by atoms with Gasteiger partial charge in [0, 0.05) is 19.5 Å². The van der Waals surface area contributed by atoms with Gasteiger partial charge in [-0.3, -0.25) is 0 Å². The van der Waals surface area contributed by atoms with E-state index in [9.17, 15) is 8.42 Å². The maximum absolute atomic E-state index is 11.9. The van der Waals surface area contributed by atoms with Crippen molar-refractivity contribution in [2.45, 2.75) is 39.3 Å². The van der Waals surface area contributed by atoms with Crippen LogP contribution in [0.2, 0.25) is 0 Å². The highest BCUT2D eigenvalue weighted by atomic mass is 32.2. The molecule has 0 aliphatic heterocycles. The van der Waals surface area contributed by atoms with E-state index in [2.05, 4.69) is 5.16 Å². The topological polar surface area (TPSA) is 105 Å². The maximum atomic E-state index is 11.9. The zero-order chi connectivity index (χ0) is 14.3. The molecule has 0 aliphatic rings. The van der Waals surface area contributed by atoms with Crippen molar-refractivity contribution < 1.29 is 18.4 Å². The molecule has 0 saturated heterocycles. The van der Waals surface area contributed by atoms with Gasteiger partial charge in [0.2, 0.25) is 10.0 Å². The fourth-order valence-electron chi connectivity index (χ4n) is 1.28. The third-order valence-corrected chi connectivity index (χ3v) is 4.40. The quantitative estimate of drug-likeness (QED) is 0.286. The lowest BCUT2D eigenvalue weighted by Crippen LogP contribution is -2.40. The minimum Gasteiger partial charge on any atom is -0.409 e. The summed E-state index contributed by atoms with van der Waals surface area (Å²) in [6, 6.07) is -0.370. The van der Waals surface area contributed by atoms with Crippen molar-refractivity contribution in [2.75, 3.05) is 19.4 Å². The number of nitrogens with two attached hydrogens (primary N) is 1. The van der Waals surface area contributed by atoms with Gasteiger partial charge in [0.05, 0.1) is 18.5 Å². The molecule has 0 aromatic rings. The summed E-state index contributed by atoms with van der Waals surface area (Å²) in [5, 5.41) is 11.3. The van der Waals surface area contributed by atoms with Crippen LogP contribution in [-0.2, 0) is 14.8 Å². The van der Waals surface area contributed by atoms with Crippen LogP contribution in [0.3, 0.4) is 0 Å². The molecular formula is C10H23N3O4S. The molecule has 1 atom stereocenters. The predicted octanol–water partition coefficient (Wildman–Crippen LogP) is 0.198. The third-order valence-electron chi connectivity index (χ3n) is 2.48. The molecule has 0 aromatic heterocycles. The number of hydrogen-bond acceptors (Lipinski definition) is 5. The van der Waals surface area contributed by atoms with Crippen molar-refractivity contribution in [3.63, 3.8) is 0 Å². The maximum Gasteiger partial charge on any atom is 0.216 e. The summed E-state index contributed by atoms with van der Waals surface area (Å²) in [5.41, 5.74) is 5.35. The Labute approximate surface area is 109 Å². The lowest BCUT2D eigenvalue weighted by atomic mass is 10.2. The molecule has 0 spiro atoms. The lowest BCUT2D eigenvalue weighted by molar-refractivity contribution is 0.0906. The normalized spacial score (nSPS) is 15.3. The van der Waals surface area contributed by atoms with Gasteiger partial charge in [-0.2, -0.15) is 0 Å². The third kappa shape index (κ3) is 6.18. The van der Waals surface area contributed by atoms with Gasteiger partial charge in [0.15, 0.2) is 0 Å². The summed E-state index contributed by atoms with van der Waals surface area (Å²) in [7, 11) is -1.92. The van der Waals surface area contributed by atoms with Crippen molar-refractivity contribution >= 4 is 15.9 Å². The van der Waals surface area contributed by atoms with Crippen LogP contribution < -0.4 is 5.73 Å². The average Bonchev–Trinajstić information content (AvgIpc) is 2.26. The zero-order valence-corrected chi connectivity index (χ0v) is 12.1. The second kappa shape index (κ2) is 7.55. The Kier molecular flexibility index (Phi) is 7.19. The van der Waals surface area contributed by atoms with Crippen LogP contribution in [0.15, 0.2) is 5.16 Å². The Morgan fingerprint density at radius 2 is 2.00 bits per heavy atom. The summed E-state index contributed by atoms with van der Waals surface area (Å²) in [5.74, 6) is -0.0784. The molecule has 7 nitrogen and oxygen atoms in total. The number of amidine groups is 1. The fourth-order valence-corrected chi connectivity index (χ4v) is 2.50. The first-order valence-electron chi connectivity index (χ1n) is 5.74. The van der Waals surface area contributed by atoms with E-state index in [0.29, 0.717) is 0 Å². The van der Waals surface area contributed by atoms with Crippen molar-refractivity contribution in [2.24, 2.45) is 10.9 Å². The SMILES string of the molecule is CC(C)OCCS(=O)(=O)N(C)C(C)CC(N)=NO. The van der Waals surface area contributed by atoms with E-state index in [1.54, 1.807) is 6.92 Å². The Bertz CT molecular complexity index is 367. The zero-order valence-electron chi connectivity index (χ0n) is 11.3. The molecule has 0 heterocycles. The lowest BCUT2D eigenvalue weighted by Gasteiger charge is -2.24. The molecule has 0 fully saturated rings. The van der Waals surface area contributed by atoms with Gasteiger partial charge in [0.25, 0.3) is 0 Å². The monoisotopic (exact) mass is 281 g/mol. The van der Waals surface area contributed by atoms with Crippen molar-refractivity contribution in [3.8, 4) is 0 Å². The van der Waals surface area contributed by atoms with Crippen LogP contribution >= 0.6 is 0 Å². The Morgan fingerprint density at radius 3 is 2.44 bits per heavy atom. The van der Waals surface area contributed by atoms with Crippen molar-refractivity contribution in [3.05, 3.63) is 0 Å². The molecule has 1 unspecified atom stereocenters. The van der Waals surface area contributed by atoms with Gasteiger partial charge in [-0.25, -0.2) is 12.7 Å². The van der Waals surface area contributed by atoms with E-state index >= 15 is 0 Å². The number of nitrogens with zero attached hydrogens (tertiary/aromatic N) is 2. The van der Waals surface area contributed by atoms with E-state index < -0.39 is 10.0 Å². The first-order valence-corrected chi connectivity index (χ1v) is 7.35. The largest absolute Gasteiger partial charge is 0.409 e. The molecule has 0 amide bonds. The standard InChI is InChI=1S/C10H23N3O4S/c1-8(2)17-5-6-18(15,16)13(4)9(3)7-10(11)12-14/h8-9,14H,5-7H2,1-4H3,(H2,11,12). The summed E-state index contributed by atoms with van der Waals surface area (Å²) >= 11 is 0. The molecule has 0 radical (unpaired) electrons. The van der Waals surface area contributed by atoms with Crippen LogP contribution in [0.25, 0.3) is 0 Å². The molecule has 18 heavy (non-hydrogen) atoms. The second-order valence-electron chi connectivity index (χ2n) is 4.40. The minimum atomic E-state index is -3.39. The highest BCUT2D eigenvalue weighted by molar-refractivity contribution is 7.89. The highest BCUT2D eigenvalue weighted by Gasteiger charge is 2.23. The molecule has 108 valence electrons. The van der Waals surface area contributed by atoms with E-state index in [0.717, 1.165) is 0 Å². The molecule has 0 aliphatic carbocycles. The Balaban J connectivity index is 4.41. The molecule has 0 bridgehead atoms. The van der Waals surface area contributed by atoms with Gasteiger partial charge in [-0.15, -0.1) is 0 Å². The van der Waals surface area contributed by atoms with Gasteiger partial charge in [-0.1, -0.05) is 5.16 Å². The van der Waals surface area contributed by atoms with Gasteiger partial charge in [-0.05, 0) is 20.8 Å². The summed E-state index contributed by atoms with van der Waals surface area (Å²) < 4.78 is 30.3. The van der Waals surface area contributed by atoms with Crippen molar-refractivity contribution in [1.29, 1.82) is 0 Å². The summed E-state index contributed by atoms with van der Waals surface area (Å²) in [4.78, 5) is 0. The Hall–Kier alpha value is -0.860. The molecule has 0 saturated carbocycles. The van der Waals surface area contributed by atoms with Gasteiger partial charge < -0.3 is 15.7 Å². The van der Waals surface area contributed by atoms with Crippen LogP contribution in [0.5, 0.6) is 0 Å². The first kappa shape index (κ1) is 17.1. The van der Waals surface area contributed by atoms with E-state index in [1.165, 1.54) is 11.4 Å². The molecule has 0 aromatic carbocycles. The molecular weight excluding hydrogens is 258 g/mol. The average molecular weight is 281 g/mol. The van der Waals surface area contributed by atoms with E-state index in [1.807, 2.05) is 13.8 Å². The highest BCUT2D eigenvalue weighted by Crippen LogP contribution is 2.08. The molecule has 3 N–H and O–H groups in total. The number of rotatable bonds is 8. The van der Waals surface area contributed by atoms with Crippen molar-refractivity contribution in [1.82, 2.24) is 4.31 Å². The minimum absolute atomic E-state index is 0.0000892. The molecule has 0 rings (SSSR count). The summed E-state index contributed by atoms with van der Waals surface area (Å²) in [6.45, 7) is 5.54. The smallest absolute Gasteiger partial charge is 0.216 e. The van der Waals surface area contributed by atoms with Crippen LogP contribution in [0.4, 0.5) is 0 Å². The van der Waals surface area contributed by atoms with Crippen LogP contribution in [0.1, 0.15) is 27.2 Å². The number of ether oxygens (including phenoxy) is 1. The number of hydrogen-bond donors (Lipinski definition) is 2. The summed E-state index contributed by atoms with van der Waals surface area (Å²) in [6.07, 6.45) is 0.178. The fraction of sp³-hybridized carbons (Fsp3) is 0.900. The van der Waals surface area contributed by atoms with Crippen LogP contribution in [-0.4, -0.2) is 55.3 Å². The second-order valence-corrected chi connectivity index (χ2v) is 6.54. The first-order chi connectivity index (χ1) is 8.20. The van der Waals surface area contributed by atoms with E-state index in [4.69, 9.17) is 15.7 Å². The predicted molar refractivity (Wildman–Crippen MR) is 70.1 cm³/mol. The Morgan fingerprint density at radius 1 is 1.44 bits per heavy atom. The van der Waals surface area contributed by atoms with E-state index in [-0.39, 0.29) is 36.8 Å². The van der Waals surface area contributed by atoms with Gasteiger partial charge >= 0.3 is 0 Å².